The van der Waals surface area contributed by atoms with Gasteiger partial charge in [-0.15, -0.1) is 0 Å². The van der Waals surface area contributed by atoms with Crippen molar-refractivity contribution < 1.29 is 5.11 Å². The fraction of sp³-hybridized carbons (Fsp3) is 1.00. The minimum absolute atomic E-state index is 0.184. The first kappa shape index (κ1) is 14.9. The molecule has 0 aromatic rings. The molecule has 1 heterocycles. The number of nitrogens with zero attached hydrogens (tertiary/aromatic N) is 2. The summed E-state index contributed by atoms with van der Waals surface area (Å²) in [6, 6.07) is 0.309. The highest BCUT2D eigenvalue weighted by Crippen LogP contribution is 2.20. The average Bonchev–Trinajstić information content (AvgIpc) is 2.20. The second kappa shape index (κ2) is 6.72. The van der Waals surface area contributed by atoms with Crippen molar-refractivity contribution in [3.8, 4) is 0 Å². The van der Waals surface area contributed by atoms with Gasteiger partial charge in [-0.05, 0) is 38.8 Å². The van der Waals surface area contributed by atoms with E-state index in [9.17, 15) is 5.11 Å². The Morgan fingerprint density at radius 2 is 1.76 bits per heavy atom. The maximum Gasteiger partial charge on any atom is 0.0710 e. The third kappa shape index (κ3) is 4.94. The van der Waals surface area contributed by atoms with Crippen LogP contribution >= 0.6 is 0 Å². The van der Waals surface area contributed by atoms with E-state index in [-0.39, 0.29) is 6.10 Å². The van der Waals surface area contributed by atoms with Crippen LogP contribution in [0.1, 0.15) is 33.6 Å². The molecule has 102 valence electrons. The van der Waals surface area contributed by atoms with Gasteiger partial charge in [-0.2, -0.15) is 0 Å². The van der Waals surface area contributed by atoms with Crippen LogP contribution in [-0.2, 0) is 0 Å². The summed E-state index contributed by atoms with van der Waals surface area (Å²) in [6.45, 7) is 9.94. The van der Waals surface area contributed by atoms with E-state index in [1.807, 2.05) is 0 Å². The fourth-order valence-corrected chi connectivity index (χ4v) is 2.93. The quantitative estimate of drug-likeness (QED) is 0.794. The largest absolute Gasteiger partial charge is 0.391 e. The van der Waals surface area contributed by atoms with Crippen molar-refractivity contribution in [2.24, 2.45) is 11.8 Å². The minimum Gasteiger partial charge on any atom is -0.391 e. The van der Waals surface area contributed by atoms with Crippen molar-refractivity contribution in [2.45, 2.75) is 45.8 Å². The molecule has 3 nitrogen and oxygen atoms in total. The first-order valence-electron chi connectivity index (χ1n) is 6.97. The number of aliphatic hydroxyl groups excluding tert-OH is 1. The normalized spacial score (nSPS) is 27.4. The van der Waals surface area contributed by atoms with E-state index in [0.29, 0.717) is 12.0 Å². The van der Waals surface area contributed by atoms with Crippen molar-refractivity contribution >= 4 is 0 Å². The zero-order valence-corrected chi connectivity index (χ0v) is 12.2. The molecule has 3 atom stereocenters. The maximum atomic E-state index is 10.4. The van der Waals surface area contributed by atoms with Gasteiger partial charge in [-0.3, -0.25) is 4.90 Å². The summed E-state index contributed by atoms with van der Waals surface area (Å²) >= 11 is 0. The van der Waals surface area contributed by atoms with Crippen LogP contribution < -0.4 is 0 Å². The number of hydrogen-bond acceptors (Lipinski definition) is 3. The first-order valence-corrected chi connectivity index (χ1v) is 6.97. The molecular weight excluding hydrogens is 212 g/mol. The number of aliphatic hydroxyl groups is 1. The molecule has 1 N–H and O–H groups in total. The van der Waals surface area contributed by atoms with E-state index in [0.717, 1.165) is 32.0 Å². The summed E-state index contributed by atoms with van der Waals surface area (Å²) in [6.07, 6.45) is 1.96. The Balaban J connectivity index is 2.42. The summed E-state index contributed by atoms with van der Waals surface area (Å²) in [5.74, 6) is 1.34. The fourth-order valence-electron chi connectivity index (χ4n) is 2.93. The lowest BCUT2D eigenvalue weighted by molar-refractivity contribution is 0.00292. The Labute approximate surface area is 107 Å². The van der Waals surface area contributed by atoms with E-state index in [2.05, 4.69) is 44.7 Å². The van der Waals surface area contributed by atoms with Crippen LogP contribution in [0, 0.1) is 11.8 Å². The third-order valence-corrected chi connectivity index (χ3v) is 3.86. The molecule has 0 amide bonds. The zero-order chi connectivity index (χ0) is 13.0. The number of likely N-dealkylation sites (N-methyl/N-ethyl adjacent to an activating group) is 2. The Bertz CT molecular complexity index is 220. The average molecular weight is 242 g/mol. The maximum absolute atomic E-state index is 10.4. The van der Waals surface area contributed by atoms with Gasteiger partial charge in [0.1, 0.15) is 0 Å². The summed E-state index contributed by atoms with van der Waals surface area (Å²) in [5, 5.41) is 10.4. The van der Waals surface area contributed by atoms with Gasteiger partial charge in [0.25, 0.3) is 0 Å². The predicted molar refractivity (Wildman–Crippen MR) is 73.2 cm³/mol. The molecule has 3 unspecified atom stereocenters. The van der Waals surface area contributed by atoms with Crippen molar-refractivity contribution in [3.63, 3.8) is 0 Å². The number of hydrogen-bond donors (Lipinski definition) is 1. The molecule has 1 aliphatic heterocycles. The molecular formula is C14H30N2O. The van der Waals surface area contributed by atoms with Gasteiger partial charge < -0.3 is 10.0 Å². The van der Waals surface area contributed by atoms with Crippen LogP contribution in [0.3, 0.4) is 0 Å². The zero-order valence-electron chi connectivity index (χ0n) is 12.2. The lowest BCUT2D eigenvalue weighted by Crippen LogP contribution is -2.55. The molecule has 0 bridgehead atoms. The van der Waals surface area contributed by atoms with E-state index in [1.165, 1.54) is 6.42 Å². The topological polar surface area (TPSA) is 26.7 Å². The molecule has 0 aromatic carbocycles. The van der Waals surface area contributed by atoms with E-state index in [1.54, 1.807) is 0 Å². The molecule has 1 rings (SSSR count). The molecule has 0 aromatic heterocycles. The minimum atomic E-state index is -0.184. The summed E-state index contributed by atoms with van der Waals surface area (Å²) in [5.41, 5.74) is 0. The van der Waals surface area contributed by atoms with E-state index in [4.69, 9.17) is 0 Å². The van der Waals surface area contributed by atoms with Crippen molar-refractivity contribution in [2.75, 3.05) is 33.7 Å². The van der Waals surface area contributed by atoms with Crippen LogP contribution in [0.5, 0.6) is 0 Å². The van der Waals surface area contributed by atoms with E-state index >= 15 is 0 Å². The Kier molecular flexibility index (Phi) is 5.90. The van der Waals surface area contributed by atoms with Crippen LogP contribution in [0.4, 0.5) is 0 Å². The van der Waals surface area contributed by atoms with E-state index < -0.39 is 0 Å². The van der Waals surface area contributed by atoms with Gasteiger partial charge in [0, 0.05) is 25.7 Å². The van der Waals surface area contributed by atoms with Gasteiger partial charge in [0.15, 0.2) is 0 Å². The Morgan fingerprint density at radius 1 is 1.12 bits per heavy atom. The highest BCUT2D eigenvalue weighted by atomic mass is 16.3. The van der Waals surface area contributed by atoms with Crippen molar-refractivity contribution in [1.82, 2.24) is 9.80 Å². The first-order chi connectivity index (χ1) is 7.90. The Morgan fingerprint density at radius 3 is 2.35 bits per heavy atom. The van der Waals surface area contributed by atoms with Crippen LogP contribution in [0.2, 0.25) is 0 Å². The second-order valence-corrected chi connectivity index (χ2v) is 6.35. The number of rotatable bonds is 5. The van der Waals surface area contributed by atoms with Crippen LogP contribution in [-0.4, -0.2) is 60.8 Å². The summed E-state index contributed by atoms with van der Waals surface area (Å²) < 4.78 is 0. The summed E-state index contributed by atoms with van der Waals surface area (Å²) in [7, 11) is 4.28. The molecule has 1 saturated heterocycles. The third-order valence-electron chi connectivity index (χ3n) is 3.86. The van der Waals surface area contributed by atoms with Crippen LogP contribution in [0.25, 0.3) is 0 Å². The highest BCUT2D eigenvalue weighted by molar-refractivity contribution is 4.85. The molecule has 3 heteroatoms. The van der Waals surface area contributed by atoms with Crippen molar-refractivity contribution in [3.05, 3.63) is 0 Å². The monoisotopic (exact) mass is 242 g/mol. The molecule has 0 aliphatic carbocycles. The molecule has 0 saturated carbocycles. The predicted octanol–water partition coefficient (Wildman–Crippen LogP) is 1.67. The molecule has 1 aliphatic rings. The SMILES string of the molecule is CC(C)CC(C)CC(O)C1CN(C)CCN1C. The lowest BCUT2D eigenvalue weighted by Gasteiger charge is -2.40. The smallest absolute Gasteiger partial charge is 0.0710 e. The molecule has 1 fully saturated rings. The van der Waals surface area contributed by atoms with Gasteiger partial charge in [0.2, 0.25) is 0 Å². The van der Waals surface area contributed by atoms with Gasteiger partial charge in [0.05, 0.1) is 6.10 Å². The summed E-state index contributed by atoms with van der Waals surface area (Å²) in [4.78, 5) is 4.63. The highest BCUT2D eigenvalue weighted by Gasteiger charge is 2.29. The molecule has 0 spiro atoms. The second-order valence-electron chi connectivity index (χ2n) is 6.35. The molecule has 0 radical (unpaired) electrons. The van der Waals surface area contributed by atoms with Gasteiger partial charge in [-0.25, -0.2) is 0 Å². The van der Waals surface area contributed by atoms with Gasteiger partial charge >= 0.3 is 0 Å². The number of piperazine rings is 1. The molecule has 17 heavy (non-hydrogen) atoms. The Hall–Kier alpha value is -0.120. The van der Waals surface area contributed by atoms with Gasteiger partial charge in [-0.1, -0.05) is 20.8 Å². The standard InChI is InChI=1S/C14H30N2O/c1-11(2)8-12(3)9-14(17)13-10-15(4)6-7-16(13)5/h11-14,17H,6-10H2,1-5H3. The van der Waals surface area contributed by atoms with Crippen molar-refractivity contribution in [1.29, 1.82) is 0 Å². The lowest BCUT2D eigenvalue weighted by atomic mass is 9.90. The van der Waals surface area contributed by atoms with Crippen LogP contribution in [0.15, 0.2) is 0 Å².